The Labute approximate surface area is 80.0 Å². The van der Waals surface area contributed by atoms with Gasteiger partial charge in [0.1, 0.15) is 0 Å². The predicted octanol–water partition coefficient (Wildman–Crippen LogP) is 0.849. The molecular formula is C10H18N2O. The first-order valence-electron chi connectivity index (χ1n) is 4.73. The molecule has 1 aliphatic rings. The van der Waals surface area contributed by atoms with E-state index >= 15 is 0 Å². The van der Waals surface area contributed by atoms with Crippen LogP contribution in [0.4, 0.5) is 0 Å². The summed E-state index contributed by atoms with van der Waals surface area (Å²) in [7, 11) is 0. The number of β-amino-alcohol motifs (C(OH)–C–C–N with tert-alkyl or cyclic N) is 1. The van der Waals surface area contributed by atoms with Crippen LogP contribution in [0.5, 0.6) is 0 Å². The molecule has 3 heteroatoms. The van der Waals surface area contributed by atoms with Crippen molar-refractivity contribution in [2.75, 3.05) is 19.6 Å². The van der Waals surface area contributed by atoms with Crippen LogP contribution in [-0.4, -0.2) is 35.7 Å². The van der Waals surface area contributed by atoms with E-state index in [0.29, 0.717) is 0 Å². The third-order valence-corrected chi connectivity index (χ3v) is 2.58. The van der Waals surface area contributed by atoms with Gasteiger partial charge in [-0.2, -0.15) is 5.26 Å². The summed E-state index contributed by atoms with van der Waals surface area (Å²) in [5, 5.41) is 18.0. The number of aliphatic hydroxyl groups excluding tert-OH is 1. The minimum Gasteiger partial charge on any atom is -0.390 e. The number of rotatable bonds is 2. The van der Waals surface area contributed by atoms with Crippen molar-refractivity contribution >= 4 is 0 Å². The third kappa shape index (κ3) is 2.68. The minimum atomic E-state index is -0.167. The quantitative estimate of drug-likeness (QED) is 0.688. The molecular weight excluding hydrogens is 164 g/mol. The van der Waals surface area contributed by atoms with Crippen molar-refractivity contribution in [3.63, 3.8) is 0 Å². The second-order valence-electron chi connectivity index (χ2n) is 4.92. The molecule has 0 saturated carbocycles. The first kappa shape index (κ1) is 10.5. The molecule has 1 unspecified atom stereocenters. The maximum Gasteiger partial charge on any atom is 0.0793 e. The predicted molar refractivity (Wildman–Crippen MR) is 51.0 cm³/mol. The van der Waals surface area contributed by atoms with Crippen LogP contribution in [0.2, 0.25) is 0 Å². The lowest BCUT2D eigenvalue weighted by Crippen LogP contribution is -2.53. The summed E-state index contributed by atoms with van der Waals surface area (Å²) in [6.07, 6.45) is -0.167. The molecule has 1 aliphatic heterocycles. The molecule has 0 spiro atoms. The summed E-state index contributed by atoms with van der Waals surface area (Å²) in [5.74, 6) is 0.0556. The molecule has 0 aromatic heterocycles. The average Bonchev–Trinajstić information content (AvgIpc) is 1.93. The van der Waals surface area contributed by atoms with Crippen molar-refractivity contribution in [3.8, 4) is 6.07 Å². The molecule has 0 radical (unpaired) electrons. The van der Waals surface area contributed by atoms with E-state index in [-0.39, 0.29) is 17.4 Å². The zero-order valence-electron chi connectivity index (χ0n) is 8.62. The molecule has 74 valence electrons. The molecule has 3 nitrogen and oxygen atoms in total. The van der Waals surface area contributed by atoms with E-state index in [2.05, 4.69) is 31.7 Å². The maximum atomic E-state index is 9.08. The molecule has 1 atom stereocenters. The van der Waals surface area contributed by atoms with Crippen molar-refractivity contribution in [3.05, 3.63) is 0 Å². The Morgan fingerprint density at radius 1 is 1.54 bits per heavy atom. The van der Waals surface area contributed by atoms with Crippen LogP contribution in [0, 0.1) is 22.7 Å². The zero-order chi connectivity index (χ0) is 10.1. The minimum absolute atomic E-state index is 0.0370. The SMILES string of the molecule is CC(C)(C)C(C#N)CN1CC(O)C1. The summed E-state index contributed by atoms with van der Waals surface area (Å²) in [6.45, 7) is 8.49. The summed E-state index contributed by atoms with van der Waals surface area (Å²) in [6, 6.07) is 2.33. The number of hydrogen-bond acceptors (Lipinski definition) is 3. The molecule has 1 saturated heterocycles. The van der Waals surface area contributed by atoms with Crippen LogP contribution in [0.1, 0.15) is 20.8 Å². The fraction of sp³-hybridized carbons (Fsp3) is 0.900. The largest absolute Gasteiger partial charge is 0.390 e. The van der Waals surface area contributed by atoms with Gasteiger partial charge in [0.25, 0.3) is 0 Å². The van der Waals surface area contributed by atoms with Gasteiger partial charge in [-0.15, -0.1) is 0 Å². The van der Waals surface area contributed by atoms with Crippen molar-refractivity contribution in [1.82, 2.24) is 4.90 Å². The normalized spacial score (nSPS) is 22.1. The lowest BCUT2D eigenvalue weighted by Gasteiger charge is -2.39. The Balaban J connectivity index is 2.38. The van der Waals surface area contributed by atoms with Crippen LogP contribution in [0.3, 0.4) is 0 Å². The molecule has 13 heavy (non-hydrogen) atoms. The van der Waals surface area contributed by atoms with E-state index in [4.69, 9.17) is 10.4 Å². The molecule has 1 fully saturated rings. The highest BCUT2D eigenvalue weighted by Crippen LogP contribution is 2.27. The average molecular weight is 182 g/mol. The van der Waals surface area contributed by atoms with Crippen LogP contribution in [0.25, 0.3) is 0 Å². The van der Waals surface area contributed by atoms with Crippen molar-refractivity contribution in [2.45, 2.75) is 26.9 Å². The van der Waals surface area contributed by atoms with Gasteiger partial charge in [-0.1, -0.05) is 20.8 Å². The van der Waals surface area contributed by atoms with Gasteiger partial charge < -0.3 is 5.11 Å². The Morgan fingerprint density at radius 2 is 2.08 bits per heavy atom. The van der Waals surface area contributed by atoms with Gasteiger partial charge in [0.2, 0.25) is 0 Å². The van der Waals surface area contributed by atoms with Crippen LogP contribution in [0.15, 0.2) is 0 Å². The summed E-state index contributed by atoms with van der Waals surface area (Å²) in [4.78, 5) is 2.13. The number of aliphatic hydroxyl groups is 1. The molecule has 1 N–H and O–H groups in total. The Morgan fingerprint density at radius 3 is 2.38 bits per heavy atom. The zero-order valence-corrected chi connectivity index (χ0v) is 8.62. The fourth-order valence-electron chi connectivity index (χ4n) is 1.46. The van der Waals surface area contributed by atoms with E-state index in [9.17, 15) is 0 Å². The highest BCUT2D eigenvalue weighted by atomic mass is 16.3. The van der Waals surface area contributed by atoms with Gasteiger partial charge in [-0.3, -0.25) is 4.90 Å². The second kappa shape index (κ2) is 3.65. The van der Waals surface area contributed by atoms with E-state index in [1.54, 1.807) is 0 Å². The molecule has 1 rings (SSSR count). The maximum absolute atomic E-state index is 9.08. The number of hydrogen-bond donors (Lipinski definition) is 1. The van der Waals surface area contributed by atoms with Gasteiger partial charge >= 0.3 is 0 Å². The molecule has 1 heterocycles. The number of nitriles is 1. The van der Waals surface area contributed by atoms with Crippen LogP contribution in [-0.2, 0) is 0 Å². The van der Waals surface area contributed by atoms with Crippen LogP contribution >= 0.6 is 0 Å². The van der Waals surface area contributed by atoms with E-state index in [1.807, 2.05) is 0 Å². The van der Waals surface area contributed by atoms with Gasteiger partial charge in [0.05, 0.1) is 18.1 Å². The number of likely N-dealkylation sites (tertiary alicyclic amines) is 1. The van der Waals surface area contributed by atoms with Gasteiger partial charge in [0, 0.05) is 19.6 Å². The van der Waals surface area contributed by atoms with Crippen molar-refractivity contribution in [1.29, 1.82) is 5.26 Å². The first-order chi connectivity index (χ1) is 5.93. The smallest absolute Gasteiger partial charge is 0.0793 e. The van der Waals surface area contributed by atoms with E-state index < -0.39 is 0 Å². The molecule has 0 amide bonds. The monoisotopic (exact) mass is 182 g/mol. The second-order valence-corrected chi connectivity index (χ2v) is 4.92. The summed E-state index contributed by atoms with van der Waals surface area (Å²) < 4.78 is 0. The van der Waals surface area contributed by atoms with Gasteiger partial charge in [0.15, 0.2) is 0 Å². The molecule has 0 aromatic rings. The fourth-order valence-corrected chi connectivity index (χ4v) is 1.46. The number of nitrogens with zero attached hydrogens (tertiary/aromatic N) is 2. The Kier molecular flexibility index (Phi) is 2.94. The lowest BCUT2D eigenvalue weighted by atomic mass is 9.81. The standard InChI is InChI=1S/C10H18N2O/c1-10(2,3)8(4-11)5-12-6-9(13)7-12/h8-9,13H,5-7H2,1-3H3. The lowest BCUT2D eigenvalue weighted by molar-refractivity contribution is -0.0105. The Bertz CT molecular complexity index is 208. The van der Waals surface area contributed by atoms with Gasteiger partial charge in [-0.05, 0) is 5.41 Å². The van der Waals surface area contributed by atoms with Gasteiger partial charge in [-0.25, -0.2) is 0 Å². The summed E-state index contributed by atoms with van der Waals surface area (Å²) >= 11 is 0. The third-order valence-electron chi connectivity index (χ3n) is 2.58. The molecule has 0 aromatic carbocycles. The molecule has 0 bridgehead atoms. The highest BCUT2D eigenvalue weighted by Gasteiger charge is 2.31. The van der Waals surface area contributed by atoms with E-state index in [0.717, 1.165) is 19.6 Å². The topological polar surface area (TPSA) is 47.3 Å². The van der Waals surface area contributed by atoms with Crippen molar-refractivity contribution in [2.24, 2.45) is 11.3 Å². The highest BCUT2D eigenvalue weighted by molar-refractivity contribution is 4.95. The molecule has 0 aliphatic carbocycles. The van der Waals surface area contributed by atoms with Crippen LogP contribution < -0.4 is 0 Å². The van der Waals surface area contributed by atoms with Crippen molar-refractivity contribution < 1.29 is 5.11 Å². The Hall–Kier alpha value is -0.590. The summed E-state index contributed by atoms with van der Waals surface area (Å²) in [5.41, 5.74) is 0.0370. The van der Waals surface area contributed by atoms with E-state index in [1.165, 1.54) is 0 Å². The first-order valence-corrected chi connectivity index (χ1v) is 4.73.